The number of aliphatic hydroxyl groups excluding tert-OH is 1. The summed E-state index contributed by atoms with van der Waals surface area (Å²) in [5.41, 5.74) is 3.82. The number of ether oxygens (including phenoxy) is 4. The third-order valence-electron chi connectivity index (χ3n) is 7.72. The van der Waals surface area contributed by atoms with E-state index in [9.17, 15) is 5.11 Å². The highest BCUT2D eigenvalue weighted by Gasteiger charge is 2.53. The molecule has 222 valence electrons. The number of benzene rings is 4. The SMILES string of the molecule is CCOCCOC1(c2ccccc2)C(C)=C(Oc2ccccc2)C(c2ccccc2)=C(OCCCO)C1c1ccccc1. The van der Waals surface area contributed by atoms with Gasteiger partial charge in [-0.2, -0.15) is 0 Å². The predicted molar refractivity (Wildman–Crippen MR) is 171 cm³/mol. The Morgan fingerprint density at radius 1 is 0.721 bits per heavy atom. The molecule has 0 heterocycles. The number of para-hydroxylation sites is 1. The molecule has 5 heteroatoms. The van der Waals surface area contributed by atoms with Crippen molar-refractivity contribution in [2.75, 3.05) is 33.0 Å². The molecule has 1 N–H and O–H groups in total. The summed E-state index contributed by atoms with van der Waals surface area (Å²) in [4.78, 5) is 0. The van der Waals surface area contributed by atoms with Crippen LogP contribution in [0.4, 0.5) is 0 Å². The summed E-state index contributed by atoms with van der Waals surface area (Å²) in [5, 5.41) is 9.73. The fourth-order valence-electron chi connectivity index (χ4n) is 5.81. The Bertz CT molecular complexity index is 1480. The van der Waals surface area contributed by atoms with Gasteiger partial charge in [-0.3, -0.25) is 0 Å². The van der Waals surface area contributed by atoms with Gasteiger partial charge in [0.1, 0.15) is 22.9 Å². The van der Waals surface area contributed by atoms with E-state index in [1.807, 2.05) is 91.9 Å². The molecule has 0 spiro atoms. The van der Waals surface area contributed by atoms with Gasteiger partial charge in [0.05, 0.1) is 31.3 Å². The second-order valence-corrected chi connectivity index (χ2v) is 10.4. The third kappa shape index (κ3) is 6.60. The van der Waals surface area contributed by atoms with Crippen molar-refractivity contribution in [3.8, 4) is 5.75 Å². The Labute approximate surface area is 255 Å². The van der Waals surface area contributed by atoms with Gasteiger partial charge in [-0.05, 0) is 42.7 Å². The Hall–Kier alpha value is -4.16. The fraction of sp³-hybridized carbons (Fsp3) is 0.263. The first-order valence-corrected chi connectivity index (χ1v) is 15.0. The Morgan fingerprint density at radius 3 is 1.95 bits per heavy atom. The normalized spacial score (nSPS) is 18.5. The van der Waals surface area contributed by atoms with Gasteiger partial charge in [-0.1, -0.05) is 109 Å². The van der Waals surface area contributed by atoms with Crippen LogP contribution in [0, 0.1) is 0 Å². The van der Waals surface area contributed by atoms with E-state index in [0.29, 0.717) is 38.6 Å². The number of hydrogen-bond donors (Lipinski definition) is 1. The van der Waals surface area contributed by atoms with Gasteiger partial charge in [0, 0.05) is 25.2 Å². The van der Waals surface area contributed by atoms with Crippen molar-refractivity contribution < 1.29 is 24.1 Å². The zero-order valence-corrected chi connectivity index (χ0v) is 24.9. The Balaban J connectivity index is 1.85. The second kappa shape index (κ2) is 14.8. The minimum absolute atomic E-state index is 0.0286. The zero-order chi connectivity index (χ0) is 29.9. The van der Waals surface area contributed by atoms with Gasteiger partial charge in [-0.15, -0.1) is 0 Å². The van der Waals surface area contributed by atoms with E-state index in [4.69, 9.17) is 18.9 Å². The molecule has 43 heavy (non-hydrogen) atoms. The molecule has 2 atom stereocenters. The van der Waals surface area contributed by atoms with E-state index >= 15 is 0 Å². The average Bonchev–Trinajstić information content (AvgIpc) is 3.06. The molecule has 4 aromatic carbocycles. The molecule has 0 saturated carbocycles. The minimum atomic E-state index is -0.989. The van der Waals surface area contributed by atoms with E-state index < -0.39 is 5.60 Å². The largest absolute Gasteiger partial charge is 0.496 e. The Kier molecular flexibility index (Phi) is 10.5. The molecular weight excluding hydrogens is 536 g/mol. The number of hydrogen-bond acceptors (Lipinski definition) is 5. The van der Waals surface area contributed by atoms with Crippen molar-refractivity contribution in [3.63, 3.8) is 0 Å². The van der Waals surface area contributed by atoms with E-state index in [0.717, 1.165) is 39.3 Å². The van der Waals surface area contributed by atoms with Gasteiger partial charge >= 0.3 is 0 Å². The lowest BCUT2D eigenvalue weighted by atomic mass is 9.66. The zero-order valence-electron chi connectivity index (χ0n) is 24.9. The van der Waals surface area contributed by atoms with Gasteiger partial charge < -0.3 is 24.1 Å². The van der Waals surface area contributed by atoms with Gasteiger partial charge in [-0.25, -0.2) is 0 Å². The molecular formula is C38H40O5. The first-order chi connectivity index (χ1) is 21.2. The molecule has 1 aliphatic carbocycles. The average molecular weight is 577 g/mol. The van der Waals surface area contributed by atoms with Crippen LogP contribution in [0.2, 0.25) is 0 Å². The van der Waals surface area contributed by atoms with Crippen LogP contribution >= 0.6 is 0 Å². The van der Waals surface area contributed by atoms with Gasteiger partial charge in [0.15, 0.2) is 0 Å². The van der Waals surface area contributed by atoms with Crippen LogP contribution in [0.25, 0.3) is 5.57 Å². The number of allylic oxidation sites excluding steroid dienone is 1. The third-order valence-corrected chi connectivity index (χ3v) is 7.72. The van der Waals surface area contributed by atoms with Crippen molar-refractivity contribution in [2.45, 2.75) is 31.8 Å². The molecule has 1 aliphatic rings. The lowest BCUT2D eigenvalue weighted by Gasteiger charge is -2.47. The summed E-state index contributed by atoms with van der Waals surface area (Å²) in [6.45, 7) is 5.88. The molecule has 5 rings (SSSR count). The topological polar surface area (TPSA) is 57.2 Å². The van der Waals surface area contributed by atoms with Crippen LogP contribution in [-0.2, 0) is 19.8 Å². The molecule has 2 unspecified atom stereocenters. The molecule has 0 radical (unpaired) electrons. The summed E-state index contributed by atoms with van der Waals surface area (Å²) in [6, 6.07) is 40.7. The summed E-state index contributed by atoms with van der Waals surface area (Å²) >= 11 is 0. The van der Waals surface area contributed by atoms with Crippen LogP contribution in [0.15, 0.2) is 138 Å². The highest BCUT2D eigenvalue weighted by atomic mass is 16.5. The molecule has 0 amide bonds. The second-order valence-electron chi connectivity index (χ2n) is 10.4. The lowest BCUT2D eigenvalue weighted by Crippen LogP contribution is -2.44. The molecule has 0 bridgehead atoms. The number of aliphatic hydroxyl groups is 1. The lowest BCUT2D eigenvalue weighted by molar-refractivity contribution is -0.0703. The van der Waals surface area contributed by atoms with Gasteiger partial charge in [0.2, 0.25) is 0 Å². The molecule has 0 aromatic heterocycles. The molecule has 0 aliphatic heterocycles. The van der Waals surface area contributed by atoms with Crippen molar-refractivity contribution in [1.29, 1.82) is 0 Å². The van der Waals surface area contributed by atoms with Crippen molar-refractivity contribution in [2.24, 2.45) is 0 Å². The predicted octanol–water partition coefficient (Wildman–Crippen LogP) is 7.90. The monoisotopic (exact) mass is 576 g/mol. The molecule has 0 fully saturated rings. The van der Waals surface area contributed by atoms with Crippen molar-refractivity contribution in [3.05, 3.63) is 155 Å². The van der Waals surface area contributed by atoms with Crippen LogP contribution < -0.4 is 4.74 Å². The van der Waals surface area contributed by atoms with Crippen molar-refractivity contribution in [1.82, 2.24) is 0 Å². The number of rotatable bonds is 14. The summed E-state index contributed by atoms with van der Waals surface area (Å²) < 4.78 is 26.5. The fourth-order valence-corrected chi connectivity index (χ4v) is 5.81. The van der Waals surface area contributed by atoms with Crippen LogP contribution in [0.5, 0.6) is 5.75 Å². The quantitative estimate of drug-likeness (QED) is 0.155. The summed E-state index contributed by atoms with van der Waals surface area (Å²) in [7, 11) is 0. The standard InChI is InChI=1S/C38H40O5/c1-3-40-27-28-42-38(32-21-12-6-13-22-32)29(2)36(43-33-23-14-7-15-24-33)34(30-17-8-4-9-18-30)37(41-26-16-25-39)35(38)31-19-10-5-11-20-31/h4-15,17-24,35,39H,3,16,25-28H2,1-2H3. The van der Waals surface area contributed by atoms with E-state index in [1.165, 1.54) is 0 Å². The molecule has 0 saturated heterocycles. The van der Waals surface area contributed by atoms with E-state index in [2.05, 4.69) is 43.3 Å². The highest BCUT2D eigenvalue weighted by molar-refractivity contribution is 5.84. The maximum atomic E-state index is 9.73. The summed E-state index contributed by atoms with van der Waals surface area (Å²) in [5.74, 6) is 1.77. The maximum Gasteiger partial charge on any atom is 0.140 e. The molecule has 5 nitrogen and oxygen atoms in total. The van der Waals surface area contributed by atoms with Crippen LogP contribution in [0.3, 0.4) is 0 Å². The van der Waals surface area contributed by atoms with E-state index in [-0.39, 0.29) is 12.5 Å². The Morgan fingerprint density at radius 2 is 1.33 bits per heavy atom. The smallest absolute Gasteiger partial charge is 0.140 e. The minimum Gasteiger partial charge on any atom is -0.496 e. The van der Waals surface area contributed by atoms with E-state index in [1.54, 1.807) is 0 Å². The molecule has 4 aromatic rings. The van der Waals surface area contributed by atoms with Crippen molar-refractivity contribution >= 4 is 5.57 Å². The first kappa shape index (κ1) is 30.3. The van der Waals surface area contributed by atoms with Gasteiger partial charge in [0.25, 0.3) is 0 Å². The first-order valence-electron chi connectivity index (χ1n) is 15.0. The summed E-state index contributed by atoms with van der Waals surface area (Å²) in [6.07, 6.45) is 0.494. The van der Waals surface area contributed by atoms with Crippen LogP contribution in [-0.4, -0.2) is 38.1 Å². The van der Waals surface area contributed by atoms with Crippen LogP contribution in [0.1, 0.15) is 42.9 Å². The highest BCUT2D eigenvalue weighted by Crippen LogP contribution is 2.57. The maximum absolute atomic E-state index is 9.73.